The Bertz CT molecular complexity index is 943. The number of likely N-dealkylation sites (tertiary alicyclic amines) is 1. The van der Waals surface area contributed by atoms with Crippen LogP contribution in [0, 0.1) is 0 Å². The van der Waals surface area contributed by atoms with Gasteiger partial charge in [-0.25, -0.2) is 0 Å². The number of carbonyl (C=O) groups is 2. The zero-order valence-corrected chi connectivity index (χ0v) is 18.0. The van der Waals surface area contributed by atoms with Gasteiger partial charge in [0.25, 0.3) is 5.91 Å². The molecule has 1 spiro atoms. The van der Waals surface area contributed by atoms with E-state index in [9.17, 15) is 9.59 Å². The highest BCUT2D eigenvalue weighted by molar-refractivity contribution is 5.95. The van der Waals surface area contributed by atoms with E-state index in [1.807, 2.05) is 72.4 Å². The van der Waals surface area contributed by atoms with Gasteiger partial charge in [0, 0.05) is 49.9 Å². The fourth-order valence-corrected chi connectivity index (χ4v) is 4.74. The van der Waals surface area contributed by atoms with Crippen LogP contribution in [-0.2, 0) is 16.8 Å². The van der Waals surface area contributed by atoms with E-state index in [0.717, 1.165) is 30.8 Å². The number of anilines is 1. The first kappa shape index (κ1) is 20.4. The number of benzene rings is 2. The van der Waals surface area contributed by atoms with Gasteiger partial charge in [-0.05, 0) is 49.8 Å². The summed E-state index contributed by atoms with van der Waals surface area (Å²) < 4.78 is 0. The van der Waals surface area contributed by atoms with Crippen LogP contribution in [0.15, 0.2) is 48.5 Å². The Morgan fingerprint density at radius 2 is 1.87 bits per heavy atom. The van der Waals surface area contributed by atoms with Crippen LogP contribution in [0.5, 0.6) is 0 Å². The number of carbonyl (C=O) groups excluding carboxylic acids is 2. The van der Waals surface area contributed by atoms with Gasteiger partial charge in [-0.1, -0.05) is 30.3 Å². The molecule has 6 nitrogen and oxygen atoms in total. The van der Waals surface area contributed by atoms with Gasteiger partial charge in [-0.15, -0.1) is 0 Å². The third kappa shape index (κ3) is 3.92. The van der Waals surface area contributed by atoms with Crippen LogP contribution >= 0.6 is 0 Å². The van der Waals surface area contributed by atoms with E-state index in [1.54, 1.807) is 0 Å². The lowest BCUT2D eigenvalue weighted by molar-refractivity contribution is -0.130. The molecule has 2 aliphatic heterocycles. The number of likely N-dealkylation sites (N-methyl/N-ethyl adjacent to an activating group) is 2. The van der Waals surface area contributed by atoms with E-state index >= 15 is 0 Å². The summed E-state index contributed by atoms with van der Waals surface area (Å²) in [6.45, 7) is 3.30. The first-order chi connectivity index (χ1) is 14.4. The van der Waals surface area contributed by atoms with E-state index < -0.39 is 0 Å². The topological polar surface area (TPSA) is 55.9 Å². The molecule has 1 fully saturated rings. The Morgan fingerprint density at radius 1 is 1.10 bits per heavy atom. The predicted molar refractivity (Wildman–Crippen MR) is 119 cm³/mol. The van der Waals surface area contributed by atoms with Crippen molar-refractivity contribution in [2.75, 3.05) is 52.2 Å². The molecule has 2 aliphatic rings. The summed E-state index contributed by atoms with van der Waals surface area (Å²) in [4.78, 5) is 31.5. The van der Waals surface area contributed by atoms with Crippen molar-refractivity contribution in [2.45, 2.75) is 18.4 Å². The van der Waals surface area contributed by atoms with Crippen LogP contribution in [0.25, 0.3) is 0 Å². The average Bonchev–Trinajstić information content (AvgIpc) is 3.28. The molecule has 0 aromatic heterocycles. The normalized spacial score (nSPS) is 20.1. The van der Waals surface area contributed by atoms with Gasteiger partial charge in [0.1, 0.15) is 0 Å². The molecule has 158 valence electrons. The van der Waals surface area contributed by atoms with Gasteiger partial charge in [-0.2, -0.15) is 0 Å². The molecule has 1 N–H and O–H groups in total. The second-order valence-corrected chi connectivity index (χ2v) is 8.84. The molecule has 4 rings (SSSR count). The summed E-state index contributed by atoms with van der Waals surface area (Å²) in [7, 11) is 5.93. The fourth-order valence-electron chi connectivity index (χ4n) is 4.74. The SMILES string of the molecule is CN(C)CC(=O)N1CCC2(C1)CN(C)c1ccc(C(=O)NCc3ccccc3)cc12. The lowest BCUT2D eigenvalue weighted by Crippen LogP contribution is -2.40. The minimum Gasteiger partial charge on any atom is -0.373 e. The van der Waals surface area contributed by atoms with Crippen LogP contribution in [0.4, 0.5) is 5.69 Å². The van der Waals surface area contributed by atoms with Crippen molar-refractivity contribution in [2.24, 2.45) is 0 Å². The van der Waals surface area contributed by atoms with Crippen LogP contribution in [-0.4, -0.2) is 68.9 Å². The van der Waals surface area contributed by atoms with Crippen molar-refractivity contribution in [3.63, 3.8) is 0 Å². The van der Waals surface area contributed by atoms with Crippen molar-refractivity contribution in [1.29, 1.82) is 0 Å². The first-order valence-corrected chi connectivity index (χ1v) is 10.5. The lowest BCUT2D eigenvalue weighted by atomic mass is 9.81. The van der Waals surface area contributed by atoms with Crippen LogP contribution in [0.2, 0.25) is 0 Å². The molecule has 2 aromatic rings. The zero-order chi connectivity index (χ0) is 21.3. The standard InChI is InChI=1S/C24H30N4O2/c1-26(2)15-22(29)28-12-11-24(17-28)16-27(3)21-10-9-19(13-20(21)24)23(30)25-14-18-7-5-4-6-8-18/h4-10,13H,11-12,14-17H2,1-3H3,(H,25,30). The Labute approximate surface area is 178 Å². The van der Waals surface area contributed by atoms with Crippen molar-refractivity contribution in [1.82, 2.24) is 15.1 Å². The lowest BCUT2D eigenvalue weighted by Gasteiger charge is -2.26. The second-order valence-electron chi connectivity index (χ2n) is 8.84. The highest BCUT2D eigenvalue weighted by atomic mass is 16.2. The fraction of sp³-hybridized carbons (Fsp3) is 0.417. The van der Waals surface area contributed by atoms with E-state index in [1.165, 1.54) is 5.56 Å². The molecule has 0 saturated carbocycles. The van der Waals surface area contributed by atoms with Gasteiger partial charge in [0.05, 0.1) is 6.54 Å². The Balaban J connectivity index is 1.52. The molecule has 30 heavy (non-hydrogen) atoms. The maximum absolute atomic E-state index is 12.8. The third-order valence-corrected chi connectivity index (χ3v) is 6.24. The van der Waals surface area contributed by atoms with E-state index in [4.69, 9.17) is 0 Å². The molecule has 0 bridgehead atoms. The van der Waals surface area contributed by atoms with Gasteiger partial charge < -0.3 is 20.0 Å². The minimum absolute atomic E-state index is 0.0649. The highest BCUT2D eigenvalue weighted by Gasteiger charge is 2.47. The molecule has 1 saturated heterocycles. The number of hydrogen-bond donors (Lipinski definition) is 1. The Hall–Kier alpha value is -2.86. The molecule has 0 radical (unpaired) electrons. The predicted octanol–water partition coefficient (Wildman–Crippen LogP) is 2.10. The maximum atomic E-state index is 12.8. The molecule has 2 aromatic carbocycles. The van der Waals surface area contributed by atoms with Crippen LogP contribution in [0.1, 0.15) is 27.9 Å². The number of amides is 2. The smallest absolute Gasteiger partial charge is 0.251 e. The molecule has 2 amide bonds. The van der Waals surface area contributed by atoms with Crippen molar-refractivity contribution >= 4 is 17.5 Å². The van der Waals surface area contributed by atoms with Crippen LogP contribution < -0.4 is 10.2 Å². The van der Waals surface area contributed by atoms with Crippen LogP contribution in [0.3, 0.4) is 0 Å². The summed E-state index contributed by atoms with van der Waals surface area (Å²) in [5.74, 6) is 0.106. The minimum atomic E-state index is -0.0955. The summed E-state index contributed by atoms with van der Waals surface area (Å²) in [6, 6.07) is 15.9. The number of fused-ring (bicyclic) bond motifs is 2. The average molecular weight is 407 g/mol. The zero-order valence-electron chi connectivity index (χ0n) is 18.0. The molecule has 2 heterocycles. The van der Waals surface area contributed by atoms with Gasteiger partial charge in [0.15, 0.2) is 0 Å². The molecule has 1 atom stereocenters. The van der Waals surface area contributed by atoms with Crippen molar-refractivity contribution in [3.05, 3.63) is 65.2 Å². The van der Waals surface area contributed by atoms with E-state index in [-0.39, 0.29) is 17.2 Å². The van der Waals surface area contributed by atoms with Gasteiger partial charge in [-0.3, -0.25) is 9.59 Å². The van der Waals surface area contributed by atoms with Gasteiger partial charge in [0.2, 0.25) is 5.91 Å². The Morgan fingerprint density at radius 3 is 2.60 bits per heavy atom. The summed E-state index contributed by atoms with van der Waals surface area (Å²) in [6.07, 6.45) is 0.929. The monoisotopic (exact) mass is 406 g/mol. The largest absolute Gasteiger partial charge is 0.373 e. The second kappa shape index (κ2) is 8.11. The van der Waals surface area contributed by atoms with E-state index in [2.05, 4.69) is 17.3 Å². The molecular weight excluding hydrogens is 376 g/mol. The number of rotatable bonds is 5. The van der Waals surface area contributed by atoms with Crippen molar-refractivity contribution < 1.29 is 9.59 Å². The molecule has 0 aliphatic carbocycles. The third-order valence-electron chi connectivity index (χ3n) is 6.24. The number of nitrogens with zero attached hydrogens (tertiary/aromatic N) is 3. The van der Waals surface area contributed by atoms with Crippen molar-refractivity contribution in [3.8, 4) is 0 Å². The number of hydrogen-bond acceptors (Lipinski definition) is 4. The van der Waals surface area contributed by atoms with E-state index in [0.29, 0.717) is 25.2 Å². The summed E-state index contributed by atoms with van der Waals surface area (Å²) in [5, 5.41) is 3.02. The molecule has 1 unspecified atom stereocenters. The summed E-state index contributed by atoms with van der Waals surface area (Å²) in [5.41, 5.74) is 4.02. The molecular formula is C24H30N4O2. The van der Waals surface area contributed by atoms with Gasteiger partial charge >= 0.3 is 0 Å². The highest BCUT2D eigenvalue weighted by Crippen LogP contribution is 2.46. The Kier molecular flexibility index (Phi) is 5.52. The molecule has 6 heteroatoms. The number of nitrogens with one attached hydrogen (secondary N) is 1. The summed E-state index contributed by atoms with van der Waals surface area (Å²) >= 11 is 0. The first-order valence-electron chi connectivity index (χ1n) is 10.5. The quantitative estimate of drug-likeness (QED) is 0.826. The maximum Gasteiger partial charge on any atom is 0.251 e.